The number of benzene rings is 1. The molecule has 3 N–H and O–H groups in total. The van der Waals surface area contributed by atoms with Gasteiger partial charge in [0.1, 0.15) is 11.5 Å². The van der Waals surface area contributed by atoms with Crippen molar-refractivity contribution in [3.8, 4) is 0 Å². The third-order valence-electron chi connectivity index (χ3n) is 4.28. The van der Waals surface area contributed by atoms with E-state index in [1.54, 1.807) is 32.2 Å². The number of anilines is 2. The maximum Gasteiger partial charge on any atom is 0.307 e. The van der Waals surface area contributed by atoms with Crippen molar-refractivity contribution in [2.75, 3.05) is 30.4 Å². The molecule has 0 radical (unpaired) electrons. The first-order chi connectivity index (χ1) is 16.6. The molecule has 0 bridgehead atoms. The molecule has 13 heteroatoms. The second kappa shape index (κ2) is 14.6. The first-order valence-electron chi connectivity index (χ1n) is 10.4. The summed E-state index contributed by atoms with van der Waals surface area (Å²) in [5.74, 6) is -2.75. The predicted molar refractivity (Wildman–Crippen MR) is 124 cm³/mol. The Morgan fingerprint density at radius 1 is 1.09 bits per heavy atom. The molecule has 0 atom stereocenters. The lowest BCUT2D eigenvalue weighted by Crippen LogP contribution is -2.34. The fraction of sp³-hybridized carbons (Fsp3) is 0.318. The second-order valence-corrected chi connectivity index (χ2v) is 6.73. The van der Waals surface area contributed by atoms with E-state index in [0.29, 0.717) is 11.5 Å². The third-order valence-corrected chi connectivity index (χ3v) is 4.28. The normalized spacial score (nSPS) is 9.77. The van der Waals surface area contributed by atoms with E-state index in [1.807, 2.05) is 0 Å². The SMILES string of the molecule is CCOC(=O)CCN(C(=O)c1ccc(NC)c([N+](=O)[O-])c1)c1ccccn1.O=C(O)CCC(=O)O. The molecule has 0 aliphatic rings. The third kappa shape index (κ3) is 9.86. The number of rotatable bonds is 11. The summed E-state index contributed by atoms with van der Waals surface area (Å²) in [5.41, 5.74) is 0.206. The van der Waals surface area contributed by atoms with Crippen molar-refractivity contribution in [3.63, 3.8) is 0 Å². The van der Waals surface area contributed by atoms with Crippen LogP contribution in [0.3, 0.4) is 0 Å². The molecule has 0 saturated carbocycles. The van der Waals surface area contributed by atoms with Gasteiger partial charge >= 0.3 is 17.9 Å². The van der Waals surface area contributed by atoms with Gasteiger partial charge in [0, 0.05) is 31.4 Å². The zero-order chi connectivity index (χ0) is 26.4. The number of pyridine rings is 1. The Labute approximate surface area is 200 Å². The van der Waals surface area contributed by atoms with Gasteiger partial charge in [0.25, 0.3) is 11.6 Å². The zero-order valence-electron chi connectivity index (χ0n) is 19.2. The van der Waals surface area contributed by atoms with E-state index in [1.165, 1.54) is 29.3 Å². The Kier molecular flexibility index (Phi) is 11.9. The molecule has 0 fully saturated rings. The van der Waals surface area contributed by atoms with Gasteiger partial charge < -0.3 is 20.3 Å². The first-order valence-corrected chi connectivity index (χ1v) is 10.4. The average molecular weight is 490 g/mol. The van der Waals surface area contributed by atoms with Crippen LogP contribution in [-0.4, -0.2) is 64.1 Å². The van der Waals surface area contributed by atoms with E-state index in [9.17, 15) is 29.3 Å². The number of esters is 1. The summed E-state index contributed by atoms with van der Waals surface area (Å²) < 4.78 is 4.90. The van der Waals surface area contributed by atoms with Crippen LogP contribution >= 0.6 is 0 Å². The lowest BCUT2D eigenvalue weighted by molar-refractivity contribution is -0.384. The molecular weight excluding hydrogens is 464 g/mol. The fourth-order valence-corrected chi connectivity index (χ4v) is 2.67. The summed E-state index contributed by atoms with van der Waals surface area (Å²) in [6.45, 7) is 1.98. The molecule has 13 nitrogen and oxygen atoms in total. The molecule has 0 spiro atoms. The lowest BCUT2D eigenvalue weighted by atomic mass is 10.1. The molecule has 0 unspecified atom stereocenters. The van der Waals surface area contributed by atoms with Gasteiger partial charge in [-0.1, -0.05) is 6.07 Å². The molecule has 0 aliphatic heterocycles. The summed E-state index contributed by atoms with van der Waals surface area (Å²) in [5, 5.41) is 29.8. The minimum atomic E-state index is -1.08. The summed E-state index contributed by atoms with van der Waals surface area (Å²) in [4.78, 5) is 60.1. The topological polar surface area (TPSA) is 189 Å². The lowest BCUT2D eigenvalue weighted by Gasteiger charge is -2.21. The van der Waals surface area contributed by atoms with Crippen LogP contribution in [0.2, 0.25) is 0 Å². The predicted octanol–water partition coefficient (Wildman–Crippen LogP) is 2.57. The van der Waals surface area contributed by atoms with Crippen LogP contribution in [0.1, 0.15) is 36.5 Å². The van der Waals surface area contributed by atoms with Crippen molar-refractivity contribution in [2.24, 2.45) is 0 Å². The van der Waals surface area contributed by atoms with Gasteiger partial charge in [-0.15, -0.1) is 0 Å². The van der Waals surface area contributed by atoms with Gasteiger partial charge in [0.2, 0.25) is 0 Å². The number of carboxylic acid groups (broad SMARTS) is 2. The summed E-state index contributed by atoms with van der Waals surface area (Å²) in [6, 6.07) is 9.19. The standard InChI is InChI=1S/C18H20N4O5.C4H6O4/c1-3-27-17(23)9-11-21(16-6-4-5-10-20-16)18(24)13-7-8-14(19-2)15(12-13)22(25)26;5-3(6)1-2-4(7)8/h4-8,10,12,19H,3,9,11H2,1-2H3;1-2H2,(H,5,6)(H,7,8). The molecule has 1 amide bonds. The monoisotopic (exact) mass is 490 g/mol. The molecule has 35 heavy (non-hydrogen) atoms. The van der Waals surface area contributed by atoms with E-state index in [0.717, 1.165) is 0 Å². The van der Waals surface area contributed by atoms with Gasteiger partial charge in [-0.25, -0.2) is 4.98 Å². The molecule has 0 aliphatic carbocycles. The Morgan fingerprint density at radius 3 is 2.23 bits per heavy atom. The minimum absolute atomic E-state index is 0.0210. The highest BCUT2D eigenvalue weighted by molar-refractivity contribution is 6.06. The van der Waals surface area contributed by atoms with E-state index in [4.69, 9.17) is 14.9 Å². The molecule has 2 rings (SSSR count). The molecule has 188 valence electrons. The number of nitro groups is 1. The highest BCUT2D eigenvalue weighted by Crippen LogP contribution is 2.26. The van der Waals surface area contributed by atoms with E-state index < -0.39 is 28.7 Å². The van der Waals surface area contributed by atoms with Gasteiger partial charge in [-0.05, 0) is 31.2 Å². The van der Waals surface area contributed by atoms with Gasteiger partial charge in [0.05, 0.1) is 30.8 Å². The second-order valence-electron chi connectivity index (χ2n) is 6.73. The molecule has 0 saturated heterocycles. The minimum Gasteiger partial charge on any atom is -0.481 e. The molecule has 1 aromatic carbocycles. The Hall–Kier alpha value is -4.55. The smallest absolute Gasteiger partial charge is 0.307 e. The number of amides is 1. The van der Waals surface area contributed by atoms with Crippen molar-refractivity contribution in [3.05, 3.63) is 58.3 Å². The van der Waals surface area contributed by atoms with E-state index in [2.05, 4.69) is 10.3 Å². The van der Waals surface area contributed by atoms with Gasteiger partial charge in [0.15, 0.2) is 0 Å². The number of ether oxygens (including phenoxy) is 1. The van der Waals surface area contributed by atoms with E-state index in [-0.39, 0.29) is 43.7 Å². The number of hydrogen-bond acceptors (Lipinski definition) is 9. The number of carboxylic acids is 2. The zero-order valence-corrected chi connectivity index (χ0v) is 19.2. The Morgan fingerprint density at radius 2 is 1.74 bits per heavy atom. The van der Waals surface area contributed by atoms with Crippen molar-refractivity contribution in [1.29, 1.82) is 0 Å². The van der Waals surface area contributed by atoms with Gasteiger partial charge in [-0.2, -0.15) is 0 Å². The molecule has 1 heterocycles. The quantitative estimate of drug-likeness (QED) is 0.238. The van der Waals surface area contributed by atoms with Crippen LogP contribution in [0.4, 0.5) is 17.2 Å². The molecular formula is C22H26N4O9. The number of aromatic nitrogens is 1. The number of nitro benzene ring substituents is 1. The van der Waals surface area contributed by atoms with Crippen molar-refractivity contribution >= 4 is 41.0 Å². The van der Waals surface area contributed by atoms with Crippen LogP contribution in [0.15, 0.2) is 42.6 Å². The maximum atomic E-state index is 13.0. The molecule has 1 aromatic heterocycles. The van der Waals surface area contributed by atoms with Crippen molar-refractivity contribution in [1.82, 2.24) is 4.98 Å². The number of nitrogens with one attached hydrogen (secondary N) is 1. The summed E-state index contributed by atoms with van der Waals surface area (Å²) in [7, 11) is 1.56. The molecule has 2 aromatic rings. The van der Waals surface area contributed by atoms with Crippen LogP contribution in [0, 0.1) is 10.1 Å². The van der Waals surface area contributed by atoms with Crippen LogP contribution in [-0.2, 0) is 19.1 Å². The largest absolute Gasteiger partial charge is 0.481 e. The number of hydrogen-bond donors (Lipinski definition) is 3. The first kappa shape index (κ1) is 28.5. The Bertz CT molecular complexity index is 1030. The number of carbonyl (C=O) groups is 4. The fourth-order valence-electron chi connectivity index (χ4n) is 2.67. The highest BCUT2D eigenvalue weighted by Gasteiger charge is 2.23. The maximum absolute atomic E-state index is 13.0. The highest BCUT2D eigenvalue weighted by atomic mass is 16.6. The van der Waals surface area contributed by atoms with Gasteiger partial charge in [-0.3, -0.25) is 34.2 Å². The van der Waals surface area contributed by atoms with E-state index >= 15 is 0 Å². The van der Waals surface area contributed by atoms with Crippen molar-refractivity contribution < 1.29 is 39.1 Å². The van der Waals surface area contributed by atoms with Crippen LogP contribution in [0.5, 0.6) is 0 Å². The van der Waals surface area contributed by atoms with Crippen LogP contribution in [0.25, 0.3) is 0 Å². The summed E-state index contributed by atoms with van der Waals surface area (Å²) >= 11 is 0. The van der Waals surface area contributed by atoms with Crippen molar-refractivity contribution in [2.45, 2.75) is 26.2 Å². The van der Waals surface area contributed by atoms with Crippen LogP contribution < -0.4 is 10.2 Å². The Balaban J connectivity index is 0.000000658. The number of nitrogens with zero attached hydrogens (tertiary/aromatic N) is 3. The number of aliphatic carboxylic acids is 2. The average Bonchev–Trinajstić information content (AvgIpc) is 2.83. The number of carbonyl (C=O) groups excluding carboxylic acids is 2. The summed E-state index contributed by atoms with van der Waals surface area (Å²) in [6.07, 6.45) is 0.907.